The zero-order valence-corrected chi connectivity index (χ0v) is 19.7. The van der Waals surface area contributed by atoms with Gasteiger partial charge in [-0.3, -0.25) is 14.5 Å². The van der Waals surface area contributed by atoms with E-state index in [0.717, 1.165) is 31.0 Å². The van der Waals surface area contributed by atoms with Crippen LogP contribution in [0.5, 0.6) is 6.01 Å². The molecule has 0 unspecified atom stereocenters. The lowest BCUT2D eigenvalue weighted by atomic mass is 9.77. The molecule has 194 valence electrons. The van der Waals surface area contributed by atoms with Crippen LogP contribution in [-0.4, -0.2) is 70.6 Å². The van der Waals surface area contributed by atoms with Gasteiger partial charge in [0.2, 0.25) is 5.91 Å². The molecule has 36 heavy (non-hydrogen) atoms. The second-order valence-electron chi connectivity index (χ2n) is 9.20. The Hall–Kier alpha value is -3.25. The molecule has 12 heteroatoms. The van der Waals surface area contributed by atoms with E-state index in [1.165, 1.54) is 13.2 Å². The van der Waals surface area contributed by atoms with Gasteiger partial charge in [0, 0.05) is 42.7 Å². The zero-order chi connectivity index (χ0) is 25.9. The SMILES string of the molecule is COc1ncc(C2(O)CCC(N3CC(NC(=O)CNC(=O)c4cccc(C(F)(F)F)c4)C3)CC2)cn1. The monoisotopic (exact) mass is 507 g/mol. The van der Waals surface area contributed by atoms with Crippen molar-refractivity contribution >= 4 is 11.8 Å². The number of hydrogen-bond donors (Lipinski definition) is 3. The van der Waals surface area contributed by atoms with Crippen molar-refractivity contribution in [2.75, 3.05) is 26.7 Å². The first-order valence-electron chi connectivity index (χ1n) is 11.7. The van der Waals surface area contributed by atoms with Crippen LogP contribution >= 0.6 is 0 Å². The second-order valence-corrected chi connectivity index (χ2v) is 9.20. The molecule has 1 saturated heterocycles. The van der Waals surface area contributed by atoms with Gasteiger partial charge >= 0.3 is 12.2 Å². The fraction of sp³-hybridized carbons (Fsp3) is 0.500. The van der Waals surface area contributed by atoms with Gasteiger partial charge in [-0.05, 0) is 43.9 Å². The van der Waals surface area contributed by atoms with E-state index in [2.05, 4.69) is 25.5 Å². The molecule has 4 rings (SSSR count). The van der Waals surface area contributed by atoms with E-state index in [1.807, 2.05) is 0 Å². The number of halogens is 3. The van der Waals surface area contributed by atoms with E-state index in [9.17, 15) is 27.9 Å². The Morgan fingerprint density at radius 3 is 2.47 bits per heavy atom. The van der Waals surface area contributed by atoms with Gasteiger partial charge < -0.3 is 20.5 Å². The number of ether oxygens (including phenoxy) is 1. The minimum atomic E-state index is -4.55. The molecule has 0 spiro atoms. The van der Waals surface area contributed by atoms with Gasteiger partial charge in [-0.1, -0.05) is 6.07 Å². The molecule has 0 bridgehead atoms. The van der Waals surface area contributed by atoms with Gasteiger partial charge in [-0.2, -0.15) is 13.2 Å². The van der Waals surface area contributed by atoms with Crippen molar-refractivity contribution in [3.05, 3.63) is 53.3 Å². The highest BCUT2D eigenvalue weighted by Gasteiger charge is 2.40. The summed E-state index contributed by atoms with van der Waals surface area (Å²) in [5.74, 6) is -1.15. The smallest absolute Gasteiger partial charge is 0.416 e. The summed E-state index contributed by atoms with van der Waals surface area (Å²) >= 11 is 0. The Kier molecular flexibility index (Phi) is 7.46. The molecular weight excluding hydrogens is 479 g/mol. The maximum absolute atomic E-state index is 12.8. The number of aliphatic hydroxyl groups is 1. The lowest BCUT2D eigenvalue weighted by Gasteiger charge is -2.48. The third-order valence-corrected chi connectivity index (χ3v) is 6.78. The molecule has 2 aromatic rings. The fourth-order valence-electron chi connectivity index (χ4n) is 4.68. The van der Waals surface area contributed by atoms with E-state index in [1.54, 1.807) is 12.4 Å². The van der Waals surface area contributed by atoms with Crippen LogP contribution in [0.1, 0.15) is 47.2 Å². The standard InChI is InChI=1S/C24H28F3N5O4/c1-36-22-29-10-17(11-30-22)23(35)7-5-19(6-8-23)32-13-18(14-32)31-20(33)12-28-21(34)15-3-2-4-16(9-15)24(25,26)27/h2-4,9-11,18-19,35H,5-8,12-14H2,1H3,(H,28,34)(H,31,33). The number of hydrogen-bond acceptors (Lipinski definition) is 7. The molecule has 1 saturated carbocycles. The number of carbonyl (C=O) groups excluding carboxylic acids is 2. The molecule has 1 aliphatic heterocycles. The molecule has 0 radical (unpaired) electrons. The number of nitrogens with one attached hydrogen (secondary N) is 2. The predicted molar refractivity (Wildman–Crippen MR) is 122 cm³/mol. The molecule has 1 aromatic heterocycles. The molecular formula is C24H28F3N5O4. The maximum Gasteiger partial charge on any atom is 0.416 e. The highest BCUT2D eigenvalue weighted by Crippen LogP contribution is 2.39. The van der Waals surface area contributed by atoms with E-state index >= 15 is 0 Å². The third-order valence-electron chi connectivity index (χ3n) is 6.78. The summed E-state index contributed by atoms with van der Waals surface area (Å²) in [6, 6.07) is 4.52. The molecule has 1 aliphatic carbocycles. The summed E-state index contributed by atoms with van der Waals surface area (Å²) in [6.45, 7) is 0.982. The Labute approximate surface area is 206 Å². The molecule has 0 atom stereocenters. The topological polar surface area (TPSA) is 117 Å². The first-order valence-corrected chi connectivity index (χ1v) is 11.7. The van der Waals surface area contributed by atoms with Crippen LogP contribution in [0, 0.1) is 0 Å². The number of carbonyl (C=O) groups is 2. The quantitative estimate of drug-likeness (QED) is 0.524. The summed E-state index contributed by atoms with van der Waals surface area (Å²) in [6.07, 6.45) is 1.35. The largest absolute Gasteiger partial charge is 0.467 e. The highest BCUT2D eigenvalue weighted by molar-refractivity contribution is 5.96. The van der Waals surface area contributed by atoms with E-state index in [4.69, 9.17) is 4.74 Å². The van der Waals surface area contributed by atoms with Crippen LogP contribution in [0.2, 0.25) is 0 Å². The van der Waals surface area contributed by atoms with Crippen LogP contribution in [0.4, 0.5) is 13.2 Å². The Morgan fingerprint density at radius 2 is 1.86 bits per heavy atom. The zero-order valence-electron chi connectivity index (χ0n) is 19.7. The number of nitrogens with zero attached hydrogens (tertiary/aromatic N) is 3. The van der Waals surface area contributed by atoms with Crippen molar-refractivity contribution in [3.63, 3.8) is 0 Å². The van der Waals surface area contributed by atoms with E-state index < -0.39 is 29.2 Å². The summed E-state index contributed by atoms with van der Waals surface area (Å²) in [4.78, 5) is 34.7. The molecule has 1 aromatic carbocycles. The number of rotatable bonds is 7. The first kappa shape index (κ1) is 25.8. The molecule has 2 aliphatic rings. The Balaban J connectivity index is 1.18. The van der Waals surface area contributed by atoms with Gasteiger partial charge in [-0.15, -0.1) is 0 Å². The van der Waals surface area contributed by atoms with Crippen molar-refractivity contribution in [2.45, 2.75) is 49.5 Å². The number of likely N-dealkylation sites (tertiary alicyclic amines) is 1. The van der Waals surface area contributed by atoms with Crippen molar-refractivity contribution in [2.24, 2.45) is 0 Å². The summed E-state index contributed by atoms with van der Waals surface area (Å²) in [7, 11) is 1.48. The number of methoxy groups -OCH3 is 1. The van der Waals surface area contributed by atoms with Crippen molar-refractivity contribution < 1.29 is 32.6 Å². The van der Waals surface area contributed by atoms with Crippen molar-refractivity contribution in [1.29, 1.82) is 0 Å². The summed E-state index contributed by atoms with van der Waals surface area (Å²) in [5, 5.41) is 16.2. The first-order chi connectivity index (χ1) is 17.1. The number of aromatic nitrogens is 2. The minimum Gasteiger partial charge on any atom is -0.467 e. The fourth-order valence-corrected chi connectivity index (χ4v) is 4.68. The van der Waals surface area contributed by atoms with Gasteiger partial charge in [0.15, 0.2) is 0 Å². The van der Waals surface area contributed by atoms with E-state index in [-0.39, 0.29) is 24.2 Å². The van der Waals surface area contributed by atoms with Gasteiger partial charge in [0.05, 0.1) is 30.9 Å². The average molecular weight is 508 g/mol. The van der Waals surface area contributed by atoms with Crippen LogP contribution < -0.4 is 15.4 Å². The highest BCUT2D eigenvalue weighted by atomic mass is 19.4. The van der Waals surface area contributed by atoms with Gasteiger partial charge in [0.25, 0.3) is 5.91 Å². The number of alkyl halides is 3. The average Bonchev–Trinajstić information content (AvgIpc) is 2.85. The van der Waals surface area contributed by atoms with E-state index in [0.29, 0.717) is 37.5 Å². The molecule has 2 amide bonds. The predicted octanol–water partition coefficient (Wildman–Crippen LogP) is 1.86. The molecule has 3 N–H and O–H groups in total. The Morgan fingerprint density at radius 1 is 1.19 bits per heavy atom. The van der Waals surface area contributed by atoms with Crippen LogP contribution in [-0.2, 0) is 16.6 Å². The summed E-state index contributed by atoms with van der Waals surface area (Å²) < 4.78 is 43.4. The van der Waals surface area contributed by atoms with Crippen LogP contribution in [0.25, 0.3) is 0 Å². The summed E-state index contributed by atoms with van der Waals surface area (Å²) in [5.41, 5.74) is -1.39. The normalized spacial score (nSPS) is 23.0. The van der Waals surface area contributed by atoms with Crippen LogP contribution in [0.3, 0.4) is 0 Å². The van der Waals surface area contributed by atoms with Gasteiger partial charge in [0.1, 0.15) is 0 Å². The minimum absolute atomic E-state index is 0.0706. The van der Waals surface area contributed by atoms with Crippen molar-refractivity contribution in [3.8, 4) is 6.01 Å². The third kappa shape index (κ3) is 5.93. The molecule has 9 nitrogen and oxygen atoms in total. The number of amides is 2. The van der Waals surface area contributed by atoms with Crippen LogP contribution in [0.15, 0.2) is 36.7 Å². The van der Waals surface area contributed by atoms with Crippen molar-refractivity contribution in [1.82, 2.24) is 25.5 Å². The Bertz CT molecular complexity index is 1080. The molecule has 2 fully saturated rings. The lowest BCUT2D eigenvalue weighted by Crippen LogP contribution is -2.63. The second kappa shape index (κ2) is 10.4. The molecule has 2 heterocycles. The maximum atomic E-state index is 12.8. The van der Waals surface area contributed by atoms with Gasteiger partial charge in [-0.25, -0.2) is 9.97 Å². The lowest BCUT2D eigenvalue weighted by molar-refractivity contribution is -0.137. The number of benzene rings is 1.